The highest BCUT2D eigenvalue weighted by atomic mass is 16.2. The van der Waals surface area contributed by atoms with E-state index >= 15 is 0 Å². The van der Waals surface area contributed by atoms with Gasteiger partial charge in [0, 0.05) is 19.5 Å². The van der Waals surface area contributed by atoms with Crippen LogP contribution in [0.4, 0.5) is 0 Å². The maximum absolute atomic E-state index is 12.8. The van der Waals surface area contributed by atoms with Crippen LogP contribution in [0.5, 0.6) is 0 Å². The molecule has 0 radical (unpaired) electrons. The summed E-state index contributed by atoms with van der Waals surface area (Å²) in [5, 5.41) is 0. The van der Waals surface area contributed by atoms with Gasteiger partial charge in [-0.15, -0.1) is 0 Å². The third kappa shape index (κ3) is 2.59. The molecule has 1 aromatic rings. The minimum atomic E-state index is -0.0115. The van der Waals surface area contributed by atoms with Gasteiger partial charge in [-0.2, -0.15) is 0 Å². The van der Waals surface area contributed by atoms with Crippen molar-refractivity contribution in [2.45, 2.75) is 32.6 Å². The molecule has 2 aliphatic rings. The number of hydrogen-bond donors (Lipinski definition) is 1. The van der Waals surface area contributed by atoms with Gasteiger partial charge in [0.15, 0.2) is 0 Å². The number of carbonyl (C=O) groups is 1. The van der Waals surface area contributed by atoms with Crippen LogP contribution in [0.15, 0.2) is 24.3 Å². The zero-order valence-electron chi connectivity index (χ0n) is 13.3. The third-order valence-electron chi connectivity index (χ3n) is 5.21. The Morgan fingerprint density at radius 3 is 2.81 bits per heavy atom. The number of aryl methyl sites for hydroxylation is 1. The lowest BCUT2D eigenvalue weighted by molar-refractivity contribution is -0.132. The number of amides is 1. The molecule has 1 aromatic carbocycles. The monoisotopic (exact) mass is 286 g/mol. The lowest BCUT2D eigenvalue weighted by atomic mass is 9.92. The van der Waals surface area contributed by atoms with E-state index in [-0.39, 0.29) is 11.3 Å². The molecule has 3 atom stereocenters. The van der Waals surface area contributed by atoms with E-state index in [0.29, 0.717) is 24.3 Å². The minimum absolute atomic E-state index is 0.0115. The molecule has 114 valence electrons. The molecule has 3 unspecified atom stereocenters. The van der Waals surface area contributed by atoms with Crippen molar-refractivity contribution < 1.29 is 4.79 Å². The highest BCUT2D eigenvalue weighted by Crippen LogP contribution is 2.60. The average Bonchev–Trinajstić information content (AvgIpc) is 3.21. The zero-order valence-corrected chi connectivity index (χ0v) is 13.3. The second-order valence-electron chi connectivity index (χ2n) is 7.52. The van der Waals surface area contributed by atoms with Gasteiger partial charge in [-0.3, -0.25) is 4.79 Å². The van der Waals surface area contributed by atoms with Crippen molar-refractivity contribution in [2.75, 3.05) is 20.1 Å². The Morgan fingerprint density at radius 1 is 1.38 bits per heavy atom. The number of nitrogens with zero attached hydrogens (tertiary/aromatic N) is 1. The van der Waals surface area contributed by atoms with Gasteiger partial charge in [-0.1, -0.05) is 38.1 Å². The summed E-state index contributed by atoms with van der Waals surface area (Å²) in [5.41, 5.74) is 8.64. The van der Waals surface area contributed by atoms with E-state index in [0.717, 1.165) is 19.4 Å². The van der Waals surface area contributed by atoms with Crippen LogP contribution in [0, 0.1) is 17.3 Å². The molecule has 0 heterocycles. The maximum atomic E-state index is 12.8. The van der Waals surface area contributed by atoms with Crippen LogP contribution in [0.2, 0.25) is 0 Å². The molecule has 0 spiro atoms. The van der Waals surface area contributed by atoms with Crippen molar-refractivity contribution in [3.8, 4) is 0 Å². The highest BCUT2D eigenvalue weighted by Gasteiger charge is 2.57. The molecule has 21 heavy (non-hydrogen) atoms. The largest absolute Gasteiger partial charge is 0.345 e. The van der Waals surface area contributed by atoms with Gasteiger partial charge < -0.3 is 10.6 Å². The predicted octanol–water partition coefficient (Wildman–Crippen LogP) is 2.41. The summed E-state index contributed by atoms with van der Waals surface area (Å²) in [6, 6.07) is 8.63. The highest BCUT2D eigenvalue weighted by molar-refractivity contribution is 5.84. The van der Waals surface area contributed by atoms with E-state index < -0.39 is 0 Å². The van der Waals surface area contributed by atoms with Gasteiger partial charge in [0.2, 0.25) is 5.91 Å². The van der Waals surface area contributed by atoms with Crippen molar-refractivity contribution in [1.82, 2.24) is 4.90 Å². The summed E-state index contributed by atoms with van der Waals surface area (Å²) in [7, 11) is 1.93. The third-order valence-corrected chi connectivity index (χ3v) is 5.21. The zero-order chi connectivity index (χ0) is 15.2. The van der Waals surface area contributed by atoms with E-state index in [1.807, 2.05) is 11.9 Å². The summed E-state index contributed by atoms with van der Waals surface area (Å²) in [6.45, 7) is 5.57. The van der Waals surface area contributed by atoms with Crippen molar-refractivity contribution in [1.29, 1.82) is 0 Å². The first kappa shape index (κ1) is 14.6. The van der Waals surface area contributed by atoms with Crippen LogP contribution < -0.4 is 5.73 Å². The van der Waals surface area contributed by atoms with Crippen molar-refractivity contribution in [3.05, 3.63) is 35.4 Å². The van der Waals surface area contributed by atoms with Crippen LogP contribution >= 0.6 is 0 Å². The molecule has 0 aliphatic heterocycles. The Morgan fingerprint density at radius 2 is 2.10 bits per heavy atom. The van der Waals surface area contributed by atoms with Gasteiger partial charge in [-0.25, -0.2) is 0 Å². The first-order chi connectivity index (χ1) is 9.94. The van der Waals surface area contributed by atoms with Crippen LogP contribution in [-0.4, -0.2) is 30.9 Å². The molecule has 2 aliphatic carbocycles. The van der Waals surface area contributed by atoms with Crippen LogP contribution in [0.1, 0.15) is 37.3 Å². The van der Waals surface area contributed by atoms with Gasteiger partial charge >= 0.3 is 0 Å². The quantitative estimate of drug-likeness (QED) is 0.924. The first-order valence-corrected chi connectivity index (χ1v) is 7.97. The number of rotatable bonds is 4. The molecule has 0 aromatic heterocycles. The molecule has 1 fully saturated rings. The Kier molecular flexibility index (Phi) is 3.56. The van der Waals surface area contributed by atoms with Gasteiger partial charge in [0.05, 0.1) is 0 Å². The SMILES string of the molecule is CN(CC(C)(C)CN)C(=O)C1C2CCc3ccccc3C21. The van der Waals surface area contributed by atoms with Gasteiger partial charge in [-0.05, 0) is 47.8 Å². The average molecular weight is 286 g/mol. The second-order valence-corrected chi connectivity index (χ2v) is 7.52. The fraction of sp³-hybridized carbons (Fsp3) is 0.611. The second kappa shape index (κ2) is 5.13. The van der Waals surface area contributed by atoms with E-state index in [9.17, 15) is 4.79 Å². The van der Waals surface area contributed by atoms with E-state index in [1.54, 1.807) is 0 Å². The molecule has 0 saturated heterocycles. The number of hydrogen-bond acceptors (Lipinski definition) is 2. The number of fused-ring (bicyclic) bond motifs is 3. The predicted molar refractivity (Wildman–Crippen MR) is 85.0 cm³/mol. The summed E-state index contributed by atoms with van der Waals surface area (Å²) in [4.78, 5) is 14.7. The van der Waals surface area contributed by atoms with Crippen molar-refractivity contribution >= 4 is 5.91 Å². The molecular weight excluding hydrogens is 260 g/mol. The molecule has 1 saturated carbocycles. The van der Waals surface area contributed by atoms with E-state index in [2.05, 4.69) is 38.1 Å². The number of benzene rings is 1. The molecule has 0 bridgehead atoms. The normalized spacial score (nSPS) is 26.8. The lowest BCUT2D eigenvalue weighted by Gasteiger charge is -2.29. The summed E-state index contributed by atoms with van der Waals surface area (Å²) in [6.07, 6.45) is 2.28. The van der Waals surface area contributed by atoms with Gasteiger partial charge in [0.25, 0.3) is 0 Å². The van der Waals surface area contributed by atoms with Crippen LogP contribution in [0.25, 0.3) is 0 Å². The van der Waals surface area contributed by atoms with Crippen LogP contribution in [-0.2, 0) is 11.2 Å². The lowest BCUT2D eigenvalue weighted by Crippen LogP contribution is -2.40. The Bertz CT molecular complexity index is 552. The molecule has 1 amide bonds. The van der Waals surface area contributed by atoms with Crippen LogP contribution in [0.3, 0.4) is 0 Å². The topological polar surface area (TPSA) is 46.3 Å². The fourth-order valence-electron chi connectivity index (χ4n) is 3.94. The van der Waals surface area contributed by atoms with Crippen molar-refractivity contribution in [2.24, 2.45) is 23.0 Å². The van der Waals surface area contributed by atoms with E-state index in [4.69, 9.17) is 5.73 Å². The fourth-order valence-corrected chi connectivity index (χ4v) is 3.94. The standard InChI is InChI=1S/C18H26N2O/c1-18(2,10-19)11-20(3)17(21)16-14-9-8-12-6-4-5-7-13(12)15(14)16/h4-7,14-16H,8-11,19H2,1-3H3. The minimum Gasteiger partial charge on any atom is -0.345 e. The summed E-state index contributed by atoms with van der Waals surface area (Å²) >= 11 is 0. The summed E-state index contributed by atoms with van der Waals surface area (Å²) < 4.78 is 0. The number of nitrogens with two attached hydrogens (primary N) is 1. The Labute approximate surface area is 127 Å². The Balaban J connectivity index is 1.72. The smallest absolute Gasteiger partial charge is 0.226 e. The van der Waals surface area contributed by atoms with E-state index in [1.165, 1.54) is 11.1 Å². The summed E-state index contributed by atoms with van der Waals surface area (Å²) in [5.74, 6) is 1.54. The molecule has 3 nitrogen and oxygen atoms in total. The molecule has 3 rings (SSSR count). The molecule has 3 heteroatoms. The first-order valence-electron chi connectivity index (χ1n) is 7.97. The maximum Gasteiger partial charge on any atom is 0.226 e. The molecular formula is C18H26N2O. The number of carbonyl (C=O) groups excluding carboxylic acids is 1. The molecule has 2 N–H and O–H groups in total. The van der Waals surface area contributed by atoms with Crippen molar-refractivity contribution in [3.63, 3.8) is 0 Å². The van der Waals surface area contributed by atoms with Gasteiger partial charge in [0.1, 0.15) is 0 Å². The Hall–Kier alpha value is -1.35.